The molecule has 1 amide bonds. The van der Waals surface area contributed by atoms with Crippen molar-refractivity contribution < 1.29 is 13.2 Å². The lowest BCUT2D eigenvalue weighted by Crippen LogP contribution is -2.44. The fraction of sp³-hybridized carbons (Fsp3) is 0.200. The standard InChI is InChI=1S/C25H23N3O3S/c1-17-12-14-20(15-13-17)32(30,31)27-16-22-24(21-10-6-7-11-23(21)27)26-28(18(2)29)25(22)19-8-4-3-5-9-19/h3-15,22,25H,16H2,1-2H3/t22-,25+/m0/s1. The van der Waals surface area contributed by atoms with Gasteiger partial charge < -0.3 is 0 Å². The van der Waals surface area contributed by atoms with Crippen molar-refractivity contribution in [2.45, 2.75) is 24.8 Å². The lowest BCUT2D eigenvalue weighted by Gasteiger charge is -2.36. The first kappa shape index (κ1) is 20.5. The van der Waals surface area contributed by atoms with E-state index in [1.54, 1.807) is 30.3 Å². The molecule has 0 aliphatic carbocycles. The molecule has 0 fully saturated rings. The second kappa shape index (κ2) is 7.60. The largest absolute Gasteiger partial charge is 0.273 e. The van der Waals surface area contributed by atoms with Crippen LogP contribution in [0, 0.1) is 12.8 Å². The molecule has 0 spiro atoms. The molecule has 2 atom stereocenters. The van der Waals surface area contributed by atoms with Gasteiger partial charge in [0.1, 0.15) is 0 Å². The van der Waals surface area contributed by atoms with E-state index in [2.05, 4.69) is 5.10 Å². The number of hydrazone groups is 1. The van der Waals surface area contributed by atoms with E-state index >= 15 is 0 Å². The predicted molar refractivity (Wildman–Crippen MR) is 124 cm³/mol. The fourth-order valence-electron chi connectivity index (χ4n) is 4.55. The SMILES string of the molecule is CC(=O)N1N=C2c3ccccc3N(S(=O)(=O)c3ccc(C)cc3)C[C@@H]2[C@H]1c1ccccc1. The molecule has 3 aromatic rings. The molecule has 0 radical (unpaired) electrons. The Morgan fingerprint density at radius 2 is 1.59 bits per heavy atom. The van der Waals surface area contributed by atoms with Crippen LogP contribution >= 0.6 is 0 Å². The van der Waals surface area contributed by atoms with Crippen molar-refractivity contribution in [2.75, 3.05) is 10.8 Å². The number of aryl methyl sites for hydroxylation is 1. The minimum Gasteiger partial charge on any atom is -0.273 e. The van der Waals surface area contributed by atoms with Crippen molar-refractivity contribution >= 4 is 27.3 Å². The Morgan fingerprint density at radius 1 is 0.938 bits per heavy atom. The van der Waals surface area contributed by atoms with E-state index in [-0.39, 0.29) is 29.3 Å². The molecule has 0 saturated carbocycles. The smallest absolute Gasteiger partial charge is 0.264 e. The monoisotopic (exact) mass is 445 g/mol. The topological polar surface area (TPSA) is 70.1 Å². The van der Waals surface area contributed by atoms with Gasteiger partial charge in [-0.2, -0.15) is 5.10 Å². The summed E-state index contributed by atoms with van der Waals surface area (Å²) >= 11 is 0. The minimum atomic E-state index is -3.80. The molecule has 2 aliphatic heterocycles. The number of sulfonamides is 1. The molecule has 2 heterocycles. The molecule has 32 heavy (non-hydrogen) atoms. The Labute approximate surface area is 187 Å². The van der Waals surface area contributed by atoms with Gasteiger partial charge in [-0.3, -0.25) is 9.10 Å². The normalized spacial score (nSPS) is 19.9. The van der Waals surface area contributed by atoms with Gasteiger partial charge in [-0.25, -0.2) is 13.4 Å². The molecule has 0 unspecified atom stereocenters. The van der Waals surface area contributed by atoms with E-state index in [1.165, 1.54) is 16.2 Å². The van der Waals surface area contributed by atoms with E-state index in [1.807, 2.05) is 55.5 Å². The van der Waals surface area contributed by atoms with Gasteiger partial charge in [0.2, 0.25) is 5.91 Å². The molecular formula is C25H23N3O3S. The first-order valence-electron chi connectivity index (χ1n) is 10.5. The summed E-state index contributed by atoms with van der Waals surface area (Å²) in [4.78, 5) is 12.8. The summed E-state index contributed by atoms with van der Waals surface area (Å²) < 4.78 is 28.9. The van der Waals surface area contributed by atoms with E-state index < -0.39 is 10.0 Å². The van der Waals surface area contributed by atoms with Crippen LogP contribution < -0.4 is 4.31 Å². The number of fused-ring (bicyclic) bond motifs is 3. The van der Waals surface area contributed by atoms with Crippen LogP contribution in [0.5, 0.6) is 0 Å². The summed E-state index contributed by atoms with van der Waals surface area (Å²) in [6.45, 7) is 3.62. The zero-order chi connectivity index (χ0) is 22.5. The van der Waals surface area contributed by atoms with Gasteiger partial charge in [0.15, 0.2) is 0 Å². The van der Waals surface area contributed by atoms with Crippen LogP contribution in [0.1, 0.15) is 29.7 Å². The fourth-order valence-corrected chi connectivity index (χ4v) is 6.06. The Hall–Kier alpha value is -3.45. The van der Waals surface area contributed by atoms with Crippen LogP contribution in [0.4, 0.5) is 5.69 Å². The molecule has 7 heteroatoms. The first-order chi connectivity index (χ1) is 15.4. The molecule has 0 N–H and O–H groups in total. The number of benzene rings is 3. The van der Waals surface area contributed by atoms with Gasteiger partial charge in [0.05, 0.1) is 22.3 Å². The molecule has 0 aromatic heterocycles. The van der Waals surface area contributed by atoms with E-state index in [9.17, 15) is 13.2 Å². The minimum absolute atomic E-state index is 0.175. The van der Waals surface area contributed by atoms with Crippen molar-refractivity contribution in [3.63, 3.8) is 0 Å². The quantitative estimate of drug-likeness (QED) is 0.609. The van der Waals surface area contributed by atoms with Crippen LogP contribution in [0.3, 0.4) is 0 Å². The van der Waals surface area contributed by atoms with Crippen LogP contribution in [0.15, 0.2) is 88.9 Å². The van der Waals surface area contributed by atoms with Crippen molar-refractivity contribution in [1.29, 1.82) is 0 Å². The van der Waals surface area contributed by atoms with Crippen LogP contribution in [0.2, 0.25) is 0 Å². The zero-order valence-electron chi connectivity index (χ0n) is 17.8. The second-order valence-corrected chi connectivity index (χ2v) is 10.0. The average Bonchev–Trinajstić information content (AvgIpc) is 3.19. The maximum atomic E-state index is 13.7. The van der Waals surface area contributed by atoms with E-state index in [0.717, 1.165) is 22.4 Å². The Bertz CT molecular complexity index is 1320. The number of para-hydroxylation sites is 1. The van der Waals surface area contributed by atoms with Crippen molar-refractivity contribution in [2.24, 2.45) is 11.0 Å². The molecule has 5 rings (SSSR count). The van der Waals surface area contributed by atoms with Crippen LogP contribution in [-0.4, -0.2) is 31.6 Å². The van der Waals surface area contributed by atoms with Crippen LogP contribution in [-0.2, 0) is 14.8 Å². The predicted octanol–water partition coefficient (Wildman–Crippen LogP) is 4.13. The Morgan fingerprint density at radius 3 is 2.28 bits per heavy atom. The van der Waals surface area contributed by atoms with Crippen molar-refractivity contribution in [3.05, 3.63) is 95.6 Å². The maximum Gasteiger partial charge on any atom is 0.264 e. The van der Waals surface area contributed by atoms with E-state index in [4.69, 9.17) is 0 Å². The molecule has 162 valence electrons. The highest BCUT2D eigenvalue weighted by molar-refractivity contribution is 7.92. The summed E-state index contributed by atoms with van der Waals surface area (Å²) in [6, 6.07) is 23.6. The molecule has 3 aromatic carbocycles. The number of hydrogen-bond donors (Lipinski definition) is 0. The van der Waals surface area contributed by atoms with Gasteiger partial charge in [0, 0.05) is 24.9 Å². The van der Waals surface area contributed by atoms with Crippen molar-refractivity contribution in [3.8, 4) is 0 Å². The molecule has 6 nitrogen and oxygen atoms in total. The van der Waals surface area contributed by atoms with Gasteiger partial charge in [0.25, 0.3) is 10.0 Å². The number of carbonyl (C=O) groups excluding carboxylic acids is 1. The third kappa shape index (κ3) is 3.20. The lowest BCUT2D eigenvalue weighted by molar-refractivity contribution is -0.131. The highest BCUT2D eigenvalue weighted by Crippen LogP contribution is 2.44. The zero-order valence-corrected chi connectivity index (χ0v) is 18.7. The van der Waals surface area contributed by atoms with Gasteiger partial charge in [-0.05, 0) is 30.7 Å². The number of anilines is 1. The number of rotatable bonds is 3. The van der Waals surface area contributed by atoms with Gasteiger partial charge >= 0.3 is 0 Å². The maximum absolute atomic E-state index is 13.7. The number of nitrogens with zero attached hydrogens (tertiary/aromatic N) is 3. The summed E-state index contributed by atoms with van der Waals surface area (Å²) in [5.41, 5.74) is 4.00. The average molecular weight is 446 g/mol. The molecular weight excluding hydrogens is 422 g/mol. The summed E-state index contributed by atoms with van der Waals surface area (Å²) in [6.07, 6.45) is 0. The van der Waals surface area contributed by atoms with E-state index in [0.29, 0.717) is 5.69 Å². The second-order valence-electron chi connectivity index (χ2n) is 8.18. The number of amides is 1. The summed E-state index contributed by atoms with van der Waals surface area (Å²) in [5.74, 6) is -0.456. The third-order valence-corrected chi connectivity index (χ3v) is 7.89. The highest BCUT2D eigenvalue weighted by atomic mass is 32.2. The summed E-state index contributed by atoms with van der Waals surface area (Å²) in [5, 5.41) is 6.18. The van der Waals surface area contributed by atoms with Gasteiger partial charge in [-0.1, -0.05) is 66.2 Å². The van der Waals surface area contributed by atoms with Crippen LogP contribution in [0.25, 0.3) is 0 Å². The number of hydrogen-bond acceptors (Lipinski definition) is 4. The van der Waals surface area contributed by atoms with Gasteiger partial charge in [-0.15, -0.1) is 0 Å². The Kier molecular flexibility index (Phi) is 4.86. The van der Waals surface area contributed by atoms with Crippen molar-refractivity contribution in [1.82, 2.24) is 5.01 Å². The third-order valence-electron chi connectivity index (χ3n) is 6.10. The first-order valence-corrected chi connectivity index (χ1v) is 11.9. The highest BCUT2D eigenvalue weighted by Gasteiger charge is 2.47. The Balaban J connectivity index is 1.66. The molecule has 0 bridgehead atoms. The molecule has 0 saturated heterocycles. The number of carbonyl (C=O) groups is 1. The lowest BCUT2D eigenvalue weighted by atomic mass is 9.84. The summed E-state index contributed by atoms with van der Waals surface area (Å²) in [7, 11) is -3.80. The molecule has 2 aliphatic rings.